The molecule has 0 aliphatic rings. The summed E-state index contributed by atoms with van der Waals surface area (Å²) in [6.07, 6.45) is 2.78. The number of hydrazine groups is 1. The predicted octanol–water partition coefficient (Wildman–Crippen LogP) is -1.72. The first-order valence-corrected chi connectivity index (χ1v) is 7.54. The predicted molar refractivity (Wildman–Crippen MR) is 88.5 cm³/mol. The molecule has 25 heavy (non-hydrogen) atoms. The molecular weight excluding hydrogens is 328 g/mol. The zero-order valence-corrected chi connectivity index (χ0v) is 14.2. The first-order valence-electron chi connectivity index (χ1n) is 7.54. The van der Waals surface area contributed by atoms with Crippen molar-refractivity contribution in [2.45, 2.75) is 38.9 Å². The van der Waals surface area contributed by atoms with Crippen LogP contribution in [0.15, 0.2) is 24.5 Å². The van der Waals surface area contributed by atoms with Gasteiger partial charge in [-0.25, -0.2) is 10.9 Å². The number of amides is 4. The van der Waals surface area contributed by atoms with Crippen LogP contribution in [-0.4, -0.2) is 51.7 Å². The summed E-state index contributed by atoms with van der Waals surface area (Å²) in [5.41, 5.74) is 5.58. The van der Waals surface area contributed by atoms with Crippen molar-refractivity contribution < 1.29 is 19.2 Å². The highest BCUT2D eigenvalue weighted by atomic mass is 16.2. The van der Waals surface area contributed by atoms with Gasteiger partial charge in [0.25, 0.3) is 11.8 Å². The molecular formula is C15H22N6O4. The molecule has 0 aliphatic carbocycles. The quantitative estimate of drug-likeness (QED) is 0.269. The number of nitrogens with two attached hydrogens (primary N) is 2. The summed E-state index contributed by atoms with van der Waals surface area (Å²) >= 11 is 0. The molecule has 0 aliphatic heterocycles. The maximum absolute atomic E-state index is 12.2. The second-order valence-electron chi connectivity index (χ2n) is 5.50. The Balaban J connectivity index is 2.65. The fourth-order valence-corrected chi connectivity index (χ4v) is 1.75. The SMILES string of the molecule is C[C@H](N)C(=O)N[C@@H](C)C(=O)N[C@@H](C)C(=O)N(N)C(=O)c1ccncc1. The Hall–Kier alpha value is -2.85. The van der Waals surface area contributed by atoms with Crippen molar-refractivity contribution in [1.29, 1.82) is 0 Å². The maximum atomic E-state index is 12.2. The molecule has 0 aromatic carbocycles. The van der Waals surface area contributed by atoms with Gasteiger partial charge in [0, 0.05) is 18.0 Å². The number of carbonyl (C=O) groups excluding carboxylic acids is 4. The fourth-order valence-electron chi connectivity index (χ4n) is 1.75. The van der Waals surface area contributed by atoms with E-state index in [4.69, 9.17) is 11.6 Å². The van der Waals surface area contributed by atoms with Crippen LogP contribution in [0.5, 0.6) is 0 Å². The molecule has 0 unspecified atom stereocenters. The fraction of sp³-hybridized carbons (Fsp3) is 0.400. The van der Waals surface area contributed by atoms with Gasteiger partial charge in [0.2, 0.25) is 11.8 Å². The Morgan fingerprint density at radius 3 is 2.04 bits per heavy atom. The monoisotopic (exact) mass is 350 g/mol. The van der Waals surface area contributed by atoms with Crippen molar-refractivity contribution in [3.63, 3.8) is 0 Å². The van der Waals surface area contributed by atoms with Crippen LogP contribution in [0.25, 0.3) is 0 Å². The molecule has 3 atom stereocenters. The molecule has 10 nitrogen and oxygen atoms in total. The highest BCUT2D eigenvalue weighted by Gasteiger charge is 2.27. The topological polar surface area (TPSA) is 161 Å². The Morgan fingerprint density at radius 2 is 1.52 bits per heavy atom. The minimum Gasteiger partial charge on any atom is -0.343 e. The summed E-state index contributed by atoms with van der Waals surface area (Å²) in [7, 11) is 0. The second kappa shape index (κ2) is 8.85. The lowest BCUT2D eigenvalue weighted by Gasteiger charge is -2.22. The van der Waals surface area contributed by atoms with Gasteiger partial charge in [-0.3, -0.25) is 24.2 Å². The smallest absolute Gasteiger partial charge is 0.275 e. The third kappa shape index (κ3) is 5.62. The van der Waals surface area contributed by atoms with E-state index in [1.807, 2.05) is 0 Å². The lowest BCUT2D eigenvalue weighted by molar-refractivity contribution is -0.135. The summed E-state index contributed by atoms with van der Waals surface area (Å²) < 4.78 is 0. The van der Waals surface area contributed by atoms with Gasteiger partial charge in [0.1, 0.15) is 12.1 Å². The van der Waals surface area contributed by atoms with E-state index in [-0.39, 0.29) is 5.56 Å². The number of hydrogen-bond acceptors (Lipinski definition) is 7. The highest BCUT2D eigenvalue weighted by Crippen LogP contribution is 2.02. The molecule has 1 aromatic rings. The van der Waals surface area contributed by atoms with Crippen LogP contribution in [-0.2, 0) is 14.4 Å². The van der Waals surface area contributed by atoms with Gasteiger partial charge >= 0.3 is 0 Å². The summed E-state index contributed by atoms with van der Waals surface area (Å²) in [5, 5.41) is 5.20. The molecule has 6 N–H and O–H groups in total. The number of rotatable bonds is 6. The molecule has 1 heterocycles. The minimum atomic E-state index is -1.07. The molecule has 10 heteroatoms. The number of nitrogens with zero attached hydrogens (tertiary/aromatic N) is 2. The average molecular weight is 350 g/mol. The van der Waals surface area contributed by atoms with Gasteiger partial charge in [-0.1, -0.05) is 0 Å². The van der Waals surface area contributed by atoms with Gasteiger partial charge < -0.3 is 16.4 Å². The van der Waals surface area contributed by atoms with Crippen molar-refractivity contribution in [3.05, 3.63) is 30.1 Å². The van der Waals surface area contributed by atoms with E-state index in [1.165, 1.54) is 45.3 Å². The normalized spacial score (nSPS) is 14.0. The molecule has 0 fully saturated rings. The van der Waals surface area contributed by atoms with Crippen LogP contribution in [0.2, 0.25) is 0 Å². The number of pyridine rings is 1. The molecule has 4 amide bonds. The Labute approximate surface area is 144 Å². The van der Waals surface area contributed by atoms with Crippen LogP contribution in [0.1, 0.15) is 31.1 Å². The van der Waals surface area contributed by atoms with Gasteiger partial charge in [-0.15, -0.1) is 0 Å². The second-order valence-corrected chi connectivity index (χ2v) is 5.50. The van der Waals surface area contributed by atoms with Gasteiger partial charge in [0.05, 0.1) is 6.04 Å². The molecule has 0 saturated heterocycles. The largest absolute Gasteiger partial charge is 0.343 e. The molecule has 0 bridgehead atoms. The van der Waals surface area contributed by atoms with E-state index in [0.29, 0.717) is 5.01 Å². The number of hydrogen-bond donors (Lipinski definition) is 4. The zero-order chi connectivity index (χ0) is 19.1. The Morgan fingerprint density at radius 1 is 1.00 bits per heavy atom. The van der Waals surface area contributed by atoms with Crippen molar-refractivity contribution in [3.8, 4) is 0 Å². The van der Waals surface area contributed by atoms with Crippen LogP contribution < -0.4 is 22.2 Å². The van der Waals surface area contributed by atoms with Crippen LogP contribution in [0.4, 0.5) is 0 Å². The number of nitrogens with one attached hydrogen (secondary N) is 2. The van der Waals surface area contributed by atoms with E-state index in [9.17, 15) is 19.2 Å². The van der Waals surface area contributed by atoms with Crippen LogP contribution >= 0.6 is 0 Å². The molecule has 0 saturated carbocycles. The third-order valence-corrected chi connectivity index (χ3v) is 3.28. The van der Waals surface area contributed by atoms with Crippen molar-refractivity contribution >= 4 is 23.6 Å². The molecule has 1 aromatic heterocycles. The van der Waals surface area contributed by atoms with Crippen LogP contribution in [0.3, 0.4) is 0 Å². The van der Waals surface area contributed by atoms with Gasteiger partial charge in [-0.2, -0.15) is 0 Å². The third-order valence-electron chi connectivity index (χ3n) is 3.28. The first-order chi connectivity index (χ1) is 11.6. The molecule has 1 rings (SSSR count). The number of carbonyl (C=O) groups is 4. The highest BCUT2D eigenvalue weighted by molar-refractivity contribution is 6.06. The van der Waals surface area contributed by atoms with Gasteiger partial charge in [-0.05, 0) is 32.9 Å². The van der Waals surface area contributed by atoms with E-state index in [1.54, 1.807) is 0 Å². The number of imide groups is 1. The number of aromatic nitrogens is 1. The van der Waals surface area contributed by atoms with E-state index < -0.39 is 41.8 Å². The lowest BCUT2D eigenvalue weighted by Crippen LogP contribution is -2.56. The summed E-state index contributed by atoms with van der Waals surface area (Å²) in [6.45, 7) is 4.29. The van der Waals surface area contributed by atoms with Crippen molar-refractivity contribution in [2.75, 3.05) is 0 Å². The molecule has 136 valence electrons. The standard InChI is InChI=1S/C15H22N6O4/c1-8(16)12(22)19-9(2)13(23)20-10(3)14(24)21(17)15(25)11-4-6-18-7-5-11/h4-10H,16-17H2,1-3H3,(H,19,22)(H,20,23)/t8-,9-,10-/m0/s1. The van der Waals surface area contributed by atoms with E-state index in [0.717, 1.165) is 0 Å². The van der Waals surface area contributed by atoms with Crippen LogP contribution in [0, 0.1) is 0 Å². The van der Waals surface area contributed by atoms with Crippen molar-refractivity contribution in [2.24, 2.45) is 11.6 Å². The average Bonchev–Trinajstić information content (AvgIpc) is 2.60. The van der Waals surface area contributed by atoms with E-state index in [2.05, 4.69) is 15.6 Å². The minimum absolute atomic E-state index is 0.182. The van der Waals surface area contributed by atoms with E-state index >= 15 is 0 Å². The zero-order valence-electron chi connectivity index (χ0n) is 14.2. The summed E-state index contributed by atoms with van der Waals surface area (Å²) in [5.74, 6) is 2.89. The Bertz CT molecular complexity index is 649. The summed E-state index contributed by atoms with van der Waals surface area (Å²) in [6, 6.07) is 0.0647. The lowest BCUT2D eigenvalue weighted by atomic mass is 10.2. The molecule has 0 spiro atoms. The molecule has 0 radical (unpaired) electrons. The van der Waals surface area contributed by atoms with Gasteiger partial charge in [0.15, 0.2) is 0 Å². The van der Waals surface area contributed by atoms with Crippen molar-refractivity contribution in [1.82, 2.24) is 20.6 Å². The first kappa shape index (κ1) is 20.2. The Kier molecular flexibility index (Phi) is 7.15. The summed E-state index contributed by atoms with van der Waals surface area (Å²) in [4.78, 5) is 51.5. The maximum Gasteiger partial charge on any atom is 0.275 e.